The second kappa shape index (κ2) is 9.03. The summed E-state index contributed by atoms with van der Waals surface area (Å²) < 4.78 is 10.8. The summed E-state index contributed by atoms with van der Waals surface area (Å²) in [6.45, 7) is 3.40. The van der Waals surface area contributed by atoms with E-state index in [1.807, 2.05) is 0 Å². The number of H-pyrrole nitrogens is 1. The molecular formula is C18H21N7O5. The molecule has 2 heterocycles. The number of oxazole rings is 1. The van der Waals surface area contributed by atoms with Gasteiger partial charge in [-0.3, -0.25) is 4.79 Å². The van der Waals surface area contributed by atoms with Crippen molar-refractivity contribution in [2.24, 2.45) is 5.92 Å². The Bertz CT molecular complexity index is 1000. The van der Waals surface area contributed by atoms with Crippen molar-refractivity contribution >= 4 is 17.7 Å². The molecule has 12 heteroatoms. The molecule has 2 atom stereocenters. The molecule has 2 unspecified atom stereocenters. The van der Waals surface area contributed by atoms with Gasteiger partial charge >= 0.3 is 6.09 Å². The first-order valence-electron chi connectivity index (χ1n) is 9.04. The summed E-state index contributed by atoms with van der Waals surface area (Å²) in [5.74, 6) is 0.416. The largest absolute Gasteiger partial charge is 0.496 e. The van der Waals surface area contributed by atoms with Crippen molar-refractivity contribution in [2.75, 3.05) is 12.4 Å². The number of nitrogens with one attached hydrogen (secondary N) is 3. The zero-order chi connectivity index (χ0) is 21.7. The van der Waals surface area contributed by atoms with Crippen LogP contribution in [0.1, 0.15) is 20.3 Å². The highest BCUT2D eigenvalue weighted by molar-refractivity contribution is 5.97. The van der Waals surface area contributed by atoms with Crippen LogP contribution in [0.4, 0.5) is 10.5 Å². The predicted molar refractivity (Wildman–Crippen MR) is 105 cm³/mol. The van der Waals surface area contributed by atoms with Crippen LogP contribution in [0.5, 0.6) is 5.75 Å². The maximum Gasteiger partial charge on any atom is 0.404 e. The minimum atomic E-state index is -1.14. The summed E-state index contributed by atoms with van der Waals surface area (Å²) in [5, 5.41) is 27.9. The number of anilines is 1. The number of carboxylic acid groups (broad SMARTS) is 1. The smallest absolute Gasteiger partial charge is 0.404 e. The van der Waals surface area contributed by atoms with Crippen molar-refractivity contribution in [3.05, 3.63) is 24.7 Å². The van der Waals surface area contributed by atoms with Gasteiger partial charge in [0.15, 0.2) is 12.2 Å². The molecule has 0 saturated carbocycles. The Kier molecular flexibility index (Phi) is 6.25. The van der Waals surface area contributed by atoms with Crippen LogP contribution in [0.15, 0.2) is 29.1 Å². The van der Waals surface area contributed by atoms with Gasteiger partial charge < -0.3 is 24.9 Å². The SMILES string of the molecule is COc1cc(NC(=O)C(C)CC(C)NC(=O)O)c(-c2nn[nH]n2)cc1-c1cnco1. The standard InChI is InChI=1S/C18H21N7O5/c1-9(4-10(2)20-18(27)28)17(26)21-13-6-14(29-3)12(15-7-19-8-30-15)5-11(13)16-22-24-25-23-16/h5-10,20H,4H2,1-3H3,(H,21,26)(H,27,28)(H,22,23,24,25). The third-order valence-corrected chi connectivity index (χ3v) is 4.41. The lowest BCUT2D eigenvalue weighted by Crippen LogP contribution is -2.34. The first-order valence-corrected chi connectivity index (χ1v) is 9.04. The third kappa shape index (κ3) is 4.71. The van der Waals surface area contributed by atoms with Crippen molar-refractivity contribution in [3.63, 3.8) is 0 Å². The van der Waals surface area contributed by atoms with Crippen LogP contribution >= 0.6 is 0 Å². The lowest BCUT2D eigenvalue weighted by Gasteiger charge is -2.19. The van der Waals surface area contributed by atoms with Gasteiger partial charge in [0.25, 0.3) is 0 Å². The number of benzene rings is 1. The molecular weight excluding hydrogens is 394 g/mol. The first kappa shape index (κ1) is 20.8. The maximum absolute atomic E-state index is 12.7. The van der Waals surface area contributed by atoms with Crippen LogP contribution in [0.3, 0.4) is 0 Å². The first-order chi connectivity index (χ1) is 14.4. The van der Waals surface area contributed by atoms with Crippen molar-refractivity contribution < 1.29 is 23.8 Å². The lowest BCUT2D eigenvalue weighted by molar-refractivity contribution is -0.119. The normalized spacial score (nSPS) is 12.8. The van der Waals surface area contributed by atoms with Gasteiger partial charge in [-0.05, 0) is 24.6 Å². The van der Waals surface area contributed by atoms with Crippen LogP contribution in [0.25, 0.3) is 22.7 Å². The fourth-order valence-corrected chi connectivity index (χ4v) is 3.02. The zero-order valence-electron chi connectivity index (χ0n) is 16.5. The Labute approximate surface area is 171 Å². The molecule has 2 amide bonds. The van der Waals surface area contributed by atoms with E-state index >= 15 is 0 Å². The van der Waals surface area contributed by atoms with Gasteiger partial charge in [-0.2, -0.15) is 5.21 Å². The molecule has 0 spiro atoms. The molecule has 0 fully saturated rings. The summed E-state index contributed by atoms with van der Waals surface area (Å²) in [5.41, 5.74) is 1.50. The van der Waals surface area contributed by atoms with Gasteiger partial charge in [0.05, 0.1) is 24.6 Å². The van der Waals surface area contributed by atoms with Crippen LogP contribution < -0.4 is 15.4 Å². The number of hydrogen-bond donors (Lipinski definition) is 4. The molecule has 0 saturated heterocycles. The van der Waals surface area contributed by atoms with Gasteiger partial charge in [-0.1, -0.05) is 6.92 Å². The highest BCUT2D eigenvalue weighted by Crippen LogP contribution is 2.38. The Balaban J connectivity index is 1.91. The van der Waals surface area contributed by atoms with E-state index in [-0.39, 0.29) is 17.8 Å². The molecule has 4 N–H and O–H groups in total. The third-order valence-electron chi connectivity index (χ3n) is 4.41. The highest BCUT2D eigenvalue weighted by Gasteiger charge is 2.22. The molecule has 0 radical (unpaired) electrons. The molecule has 3 aromatic rings. The number of carbonyl (C=O) groups excluding carboxylic acids is 1. The number of aromatic amines is 1. The molecule has 0 aliphatic carbocycles. The van der Waals surface area contributed by atoms with Gasteiger partial charge in [-0.25, -0.2) is 9.78 Å². The van der Waals surface area contributed by atoms with E-state index in [1.54, 1.807) is 26.0 Å². The maximum atomic E-state index is 12.7. The Hall–Kier alpha value is -3.96. The monoisotopic (exact) mass is 415 g/mol. The number of carbonyl (C=O) groups is 2. The quantitative estimate of drug-likeness (QED) is 0.430. The van der Waals surface area contributed by atoms with E-state index in [0.717, 1.165) is 0 Å². The molecule has 1 aromatic carbocycles. The van der Waals surface area contributed by atoms with E-state index in [0.29, 0.717) is 34.7 Å². The average Bonchev–Trinajstić information content (AvgIpc) is 3.41. The molecule has 0 aliphatic rings. The minimum absolute atomic E-state index is 0.266. The van der Waals surface area contributed by atoms with Gasteiger partial charge in [0.2, 0.25) is 11.7 Å². The Morgan fingerprint density at radius 2 is 2.10 bits per heavy atom. The van der Waals surface area contributed by atoms with E-state index < -0.39 is 12.0 Å². The number of hydrogen-bond acceptors (Lipinski definition) is 8. The number of methoxy groups -OCH3 is 1. The van der Waals surface area contributed by atoms with Crippen molar-refractivity contribution in [2.45, 2.75) is 26.3 Å². The molecule has 12 nitrogen and oxygen atoms in total. The topological polar surface area (TPSA) is 168 Å². The molecule has 0 bridgehead atoms. The van der Waals surface area contributed by atoms with E-state index in [9.17, 15) is 9.59 Å². The summed E-state index contributed by atoms with van der Waals surface area (Å²) in [6.07, 6.45) is 2.02. The van der Waals surface area contributed by atoms with Crippen LogP contribution in [0, 0.1) is 5.92 Å². The number of tetrazole rings is 1. The predicted octanol–water partition coefficient (Wildman–Crippen LogP) is 2.15. The van der Waals surface area contributed by atoms with E-state index in [4.69, 9.17) is 14.3 Å². The van der Waals surface area contributed by atoms with E-state index in [2.05, 4.69) is 36.2 Å². The molecule has 30 heavy (non-hydrogen) atoms. The fourth-order valence-electron chi connectivity index (χ4n) is 3.02. The zero-order valence-corrected chi connectivity index (χ0v) is 16.5. The molecule has 158 valence electrons. The lowest BCUT2D eigenvalue weighted by atomic mass is 10.0. The molecule has 0 aliphatic heterocycles. The minimum Gasteiger partial charge on any atom is -0.496 e. The van der Waals surface area contributed by atoms with Crippen LogP contribution in [-0.4, -0.2) is 55.9 Å². The molecule has 3 rings (SSSR count). The summed E-state index contributed by atoms with van der Waals surface area (Å²) in [7, 11) is 1.50. The average molecular weight is 415 g/mol. The Morgan fingerprint density at radius 1 is 1.30 bits per heavy atom. The van der Waals surface area contributed by atoms with Gasteiger partial charge in [-0.15, -0.1) is 10.2 Å². The number of amides is 2. The van der Waals surface area contributed by atoms with Gasteiger partial charge in [0, 0.05) is 23.6 Å². The summed E-state index contributed by atoms with van der Waals surface area (Å²) in [6, 6.07) is 2.95. The van der Waals surface area contributed by atoms with Crippen LogP contribution in [0.2, 0.25) is 0 Å². The second-order valence-corrected chi connectivity index (χ2v) is 6.68. The number of aromatic nitrogens is 5. The summed E-state index contributed by atoms with van der Waals surface area (Å²) >= 11 is 0. The Morgan fingerprint density at radius 3 is 2.70 bits per heavy atom. The molecule has 2 aromatic heterocycles. The summed E-state index contributed by atoms with van der Waals surface area (Å²) in [4.78, 5) is 27.4. The van der Waals surface area contributed by atoms with E-state index in [1.165, 1.54) is 19.7 Å². The number of rotatable bonds is 8. The van der Waals surface area contributed by atoms with Crippen molar-refractivity contribution in [1.82, 2.24) is 30.9 Å². The van der Waals surface area contributed by atoms with Crippen LogP contribution in [-0.2, 0) is 4.79 Å². The number of nitrogens with zero attached hydrogens (tertiary/aromatic N) is 4. The highest BCUT2D eigenvalue weighted by atomic mass is 16.5. The second-order valence-electron chi connectivity index (χ2n) is 6.68. The van der Waals surface area contributed by atoms with Gasteiger partial charge in [0.1, 0.15) is 5.75 Å². The van der Waals surface area contributed by atoms with Crippen molar-refractivity contribution in [1.29, 1.82) is 0 Å². The number of ether oxygens (including phenoxy) is 1. The fraction of sp³-hybridized carbons (Fsp3) is 0.333. The van der Waals surface area contributed by atoms with Crippen molar-refractivity contribution in [3.8, 4) is 28.5 Å².